The van der Waals surface area contributed by atoms with Gasteiger partial charge in [0.1, 0.15) is 5.82 Å². The number of rotatable bonds is 7. The van der Waals surface area contributed by atoms with Crippen LogP contribution in [0.5, 0.6) is 0 Å². The summed E-state index contributed by atoms with van der Waals surface area (Å²) in [5.41, 5.74) is 3.63. The van der Waals surface area contributed by atoms with E-state index in [9.17, 15) is 0 Å². The molecule has 1 aliphatic rings. The highest BCUT2D eigenvalue weighted by Gasteiger charge is 2.18. The number of aryl methyl sites for hydroxylation is 2. The molecule has 0 aliphatic carbocycles. The van der Waals surface area contributed by atoms with Crippen molar-refractivity contribution in [1.29, 1.82) is 0 Å². The first-order valence-corrected chi connectivity index (χ1v) is 8.20. The normalized spacial score (nSPS) is 18.6. The third kappa shape index (κ3) is 5.04. The van der Waals surface area contributed by atoms with Gasteiger partial charge in [-0.1, -0.05) is 13.8 Å². The molecule has 0 radical (unpaired) electrons. The molecule has 1 aliphatic heterocycles. The third-order valence-electron chi connectivity index (χ3n) is 4.12. The summed E-state index contributed by atoms with van der Waals surface area (Å²) in [6, 6.07) is 0.555. The van der Waals surface area contributed by atoms with Crippen LogP contribution in [0.1, 0.15) is 49.5 Å². The second-order valence-corrected chi connectivity index (χ2v) is 6.44. The average Bonchev–Trinajstić information content (AvgIpc) is 2.89. The predicted octanol–water partition coefficient (Wildman–Crippen LogP) is 2.60. The van der Waals surface area contributed by atoms with Gasteiger partial charge in [0, 0.05) is 37.1 Å². The summed E-state index contributed by atoms with van der Waals surface area (Å²) in [7, 11) is 0. The molecule has 0 aromatic carbocycles. The Morgan fingerprint density at radius 1 is 1.24 bits per heavy atom. The van der Waals surface area contributed by atoms with E-state index in [0.29, 0.717) is 12.0 Å². The van der Waals surface area contributed by atoms with Gasteiger partial charge in [-0.2, -0.15) is 0 Å². The minimum atomic E-state index is 0.555. The van der Waals surface area contributed by atoms with Crippen molar-refractivity contribution in [3.63, 3.8) is 0 Å². The summed E-state index contributed by atoms with van der Waals surface area (Å²) in [6.07, 6.45) is 4.30. The summed E-state index contributed by atoms with van der Waals surface area (Å²) in [5, 5.41) is 3.46. The second-order valence-electron chi connectivity index (χ2n) is 6.44. The van der Waals surface area contributed by atoms with Crippen molar-refractivity contribution >= 4 is 0 Å². The molecule has 118 valence electrons. The van der Waals surface area contributed by atoms with Crippen LogP contribution in [0.2, 0.25) is 0 Å². The number of hydrogen-bond donors (Lipinski definition) is 1. The molecular formula is C17H29N3O. The van der Waals surface area contributed by atoms with Crippen molar-refractivity contribution in [2.45, 2.75) is 59.4 Å². The van der Waals surface area contributed by atoms with Crippen molar-refractivity contribution in [3.8, 4) is 0 Å². The van der Waals surface area contributed by atoms with Gasteiger partial charge in [-0.05, 0) is 51.1 Å². The highest BCUT2D eigenvalue weighted by molar-refractivity contribution is 5.24. The zero-order chi connectivity index (χ0) is 15.2. The second kappa shape index (κ2) is 7.85. The maximum atomic E-state index is 5.44. The first-order valence-electron chi connectivity index (χ1n) is 8.20. The van der Waals surface area contributed by atoms with E-state index in [1.54, 1.807) is 0 Å². The van der Waals surface area contributed by atoms with Gasteiger partial charge in [0.25, 0.3) is 0 Å². The zero-order valence-corrected chi connectivity index (χ0v) is 13.9. The molecule has 1 aromatic rings. The fourth-order valence-corrected chi connectivity index (χ4v) is 2.92. The Kier molecular flexibility index (Phi) is 6.12. The molecule has 2 rings (SSSR count). The van der Waals surface area contributed by atoms with E-state index in [1.165, 1.54) is 5.56 Å². The van der Waals surface area contributed by atoms with Gasteiger partial charge in [0.2, 0.25) is 0 Å². The van der Waals surface area contributed by atoms with Crippen LogP contribution in [0.3, 0.4) is 0 Å². The van der Waals surface area contributed by atoms with Crippen molar-refractivity contribution in [2.24, 2.45) is 5.92 Å². The molecule has 0 amide bonds. The summed E-state index contributed by atoms with van der Waals surface area (Å²) in [4.78, 5) is 9.45. The first-order chi connectivity index (χ1) is 10.1. The Hall–Kier alpha value is -1.00. The molecule has 21 heavy (non-hydrogen) atoms. The van der Waals surface area contributed by atoms with Crippen LogP contribution >= 0.6 is 0 Å². The van der Waals surface area contributed by atoms with Crippen molar-refractivity contribution in [1.82, 2.24) is 15.3 Å². The Labute approximate surface area is 128 Å². The molecule has 0 spiro atoms. The minimum absolute atomic E-state index is 0.555. The maximum Gasteiger partial charge on any atom is 0.129 e. The van der Waals surface area contributed by atoms with Crippen molar-refractivity contribution < 1.29 is 4.74 Å². The number of ether oxygens (including phenoxy) is 1. The SMILES string of the molecule is Cc1nc(CC2CCOC2)nc(C)c1CCCNC(C)C. The fourth-order valence-electron chi connectivity index (χ4n) is 2.92. The maximum absolute atomic E-state index is 5.44. The summed E-state index contributed by atoms with van der Waals surface area (Å²) in [5.74, 6) is 1.59. The Balaban J connectivity index is 1.92. The van der Waals surface area contributed by atoms with Crippen LogP contribution < -0.4 is 5.32 Å². The molecular weight excluding hydrogens is 262 g/mol. The standard InChI is InChI=1S/C17H29N3O/c1-12(2)18-8-5-6-16-13(3)19-17(20-14(16)4)10-15-7-9-21-11-15/h12,15,18H,5-11H2,1-4H3. The lowest BCUT2D eigenvalue weighted by Gasteiger charge is -2.13. The first kappa shape index (κ1) is 16.4. The van der Waals surface area contributed by atoms with Crippen molar-refractivity contribution in [3.05, 3.63) is 22.8 Å². The summed E-state index contributed by atoms with van der Waals surface area (Å²) >= 11 is 0. The molecule has 4 heteroatoms. The summed E-state index contributed by atoms with van der Waals surface area (Å²) < 4.78 is 5.44. The van der Waals surface area contributed by atoms with E-state index in [0.717, 1.165) is 62.7 Å². The van der Waals surface area contributed by atoms with Crippen LogP contribution in [0.4, 0.5) is 0 Å². The predicted molar refractivity (Wildman–Crippen MR) is 85.6 cm³/mol. The van der Waals surface area contributed by atoms with Crippen LogP contribution in [-0.2, 0) is 17.6 Å². The zero-order valence-electron chi connectivity index (χ0n) is 13.9. The summed E-state index contributed by atoms with van der Waals surface area (Å²) in [6.45, 7) is 11.4. The van der Waals surface area contributed by atoms with Crippen LogP contribution in [-0.4, -0.2) is 35.8 Å². The molecule has 1 N–H and O–H groups in total. The molecule has 1 fully saturated rings. The van der Waals surface area contributed by atoms with Gasteiger partial charge in [-0.15, -0.1) is 0 Å². The van der Waals surface area contributed by atoms with Crippen LogP contribution in [0.15, 0.2) is 0 Å². The van der Waals surface area contributed by atoms with Crippen LogP contribution in [0, 0.1) is 19.8 Å². The van der Waals surface area contributed by atoms with E-state index >= 15 is 0 Å². The number of nitrogens with one attached hydrogen (secondary N) is 1. The average molecular weight is 291 g/mol. The van der Waals surface area contributed by atoms with E-state index in [1.807, 2.05) is 0 Å². The van der Waals surface area contributed by atoms with Gasteiger partial charge in [-0.3, -0.25) is 0 Å². The molecule has 0 bridgehead atoms. The topological polar surface area (TPSA) is 47.0 Å². The molecule has 0 saturated carbocycles. The Morgan fingerprint density at radius 2 is 1.95 bits per heavy atom. The van der Waals surface area contributed by atoms with E-state index in [4.69, 9.17) is 14.7 Å². The smallest absolute Gasteiger partial charge is 0.129 e. The van der Waals surface area contributed by atoms with Gasteiger partial charge >= 0.3 is 0 Å². The number of nitrogens with zero attached hydrogens (tertiary/aromatic N) is 2. The van der Waals surface area contributed by atoms with E-state index in [-0.39, 0.29) is 0 Å². The van der Waals surface area contributed by atoms with Gasteiger partial charge in [0.15, 0.2) is 0 Å². The van der Waals surface area contributed by atoms with Gasteiger partial charge < -0.3 is 10.1 Å². The number of hydrogen-bond acceptors (Lipinski definition) is 4. The molecule has 1 atom stereocenters. The molecule has 2 heterocycles. The molecule has 1 aromatic heterocycles. The van der Waals surface area contributed by atoms with Gasteiger partial charge in [-0.25, -0.2) is 9.97 Å². The monoisotopic (exact) mass is 291 g/mol. The highest BCUT2D eigenvalue weighted by atomic mass is 16.5. The van der Waals surface area contributed by atoms with E-state index < -0.39 is 0 Å². The lowest BCUT2D eigenvalue weighted by Crippen LogP contribution is -2.24. The largest absolute Gasteiger partial charge is 0.381 e. The van der Waals surface area contributed by atoms with Gasteiger partial charge in [0.05, 0.1) is 0 Å². The van der Waals surface area contributed by atoms with E-state index in [2.05, 4.69) is 33.0 Å². The number of aromatic nitrogens is 2. The fraction of sp³-hybridized carbons (Fsp3) is 0.765. The molecule has 4 nitrogen and oxygen atoms in total. The lowest BCUT2D eigenvalue weighted by atomic mass is 10.0. The highest BCUT2D eigenvalue weighted by Crippen LogP contribution is 2.19. The Bertz CT molecular complexity index is 430. The Morgan fingerprint density at radius 3 is 2.52 bits per heavy atom. The van der Waals surface area contributed by atoms with Crippen molar-refractivity contribution in [2.75, 3.05) is 19.8 Å². The lowest BCUT2D eigenvalue weighted by molar-refractivity contribution is 0.185. The molecule has 1 saturated heterocycles. The minimum Gasteiger partial charge on any atom is -0.381 e. The quantitative estimate of drug-likeness (QED) is 0.785. The molecule has 1 unspecified atom stereocenters. The van der Waals surface area contributed by atoms with Crippen LogP contribution in [0.25, 0.3) is 0 Å². The third-order valence-corrected chi connectivity index (χ3v) is 4.12.